The molecule has 0 saturated heterocycles. The Morgan fingerprint density at radius 3 is 2.62 bits per heavy atom. The number of hydrogen-bond acceptors (Lipinski definition) is 2. The number of carbonyl (C=O) groups excluding carboxylic acids is 1. The molecule has 0 heterocycles. The second-order valence-electron chi connectivity index (χ2n) is 3.58. The first-order valence-corrected chi connectivity index (χ1v) is 4.67. The van der Waals surface area contributed by atoms with Crippen LogP contribution in [0.3, 0.4) is 0 Å². The molecule has 3 nitrogen and oxygen atoms in total. The molecule has 0 atom stereocenters. The fourth-order valence-electron chi connectivity index (χ4n) is 1.89. The minimum Gasteiger partial charge on any atom is -0.345 e. The maximum Gasteiger partial charge on any atom is 0.228 e. The first-order valence-electron chi connectivity index (χ1n) is 4.67. The molecule has 72 valence electrons. The maximum absolute atomic E-state index is 11.7. The Labute approximate surface area is 79.1 Å². The quantitative estimate of drug-likeness (QED) is 0.612. The van der Waals surface area contributed by atoms with Crippen molar-refractivity contribution in [1.29, 1.82) is 0 Å². The molecule has 0 aliphatic heterocycles. The lowest BCUT2D eigenvalue weighted by Crippen LogP contribution is -2.44. The van der Waals surface area contributed by atoms with E-state index in [1.54, 1.807) is 0 Å². The van der Waals surface area contributed by atoms with Crippen molar-refractivity contribution in [3.05, 3.63) is 0 Å². The molecule has 0 spiro atoms. The third-order valence-corrected chi connectivity index (χ3v) is 2.78. The standard InChI is InChI=1S/C10H16N2O/c1-2-7-12-9(13)10(8-11)5-3-4-6-10/h1H,3-8,11H2,(H,12,13). The first-order chi connectivity index (χ1) is 6.25. The molecule has 0 aromatic carbocycles. The summed E-state index contributed by atoms with van der Waals surface area (Å²) in [5.41, 5.74) is 5.31. The van der Waals surface area contributed by atoms with Crippen LogP contribution in [0.15, 0.2) is 0 Å². The van der Waals surface area contributed by atoms with Crippen LogP contribution in [0.2, 0.25) is 0 Å². The summed E-state index contributed by atoms with van der Waals surface area (Å²) in [4.78, 5) is 11.7. The van der Waals surface area contributed by atoms with Crippen molar-refractivity contribution in [1.82, 2.24) is 5.32 Å². The second kappa shape index (κ2) is 4.29. The second-order valence-corrected chi connectivity index (χ2v) is 3.58. The predicted molar refractivity (Wildman–Crippen MR) is 51.8 cm³/mol. The highest BCUT2D eigenvalue weighted by molar-refractivity contribution is 5.83. The number of rotatable bonds is 3. The Kier molecular flexibility index (Phi) is 3.32. The summed E-state index contributed by atoms with van der Waals surface area (Å²) in [6.07, 6.45) is 9.07. The summed E-state index contributed by atoms with van der Waals surface area (Å²) in [7, 11) is 0. The predicted octanol–water partition coefficient (Wildman–Crippen LogP) is 0.255. The maximum atomic E-state index is 11.7. The fraction of sp³-hybridized carbons (Fsp3) is 0.700. The number of amides is 1. The summed E-state index contributed by atoms with van der Waals surface area (Å²) < 4.78 is 0. The van der Waals surface area contributed by atoms with Crippen molar-refractivity contribution in [3.63, 3.8) is 0 Å². The molecule has 0 bridgehead atoms. The van der Waals surface area contributed by atoms with Crippen molar-refractivity contribution in [2.24, 2.45) is 11.1 Å². The van der Waals surface area contributed by atoms with E-state index < -0.39 is 0 Å². The lowest BCUT2D eigenvalue weighted by Gasteiger charge is -2.24. The molecular weight excluding hydrogens is 164 g/mol. The highest BCUT2D eigenvalue weighted by Crippen LogP contribution is 2.37. The zero-order chi connectivity index (χ0) is 9.73. The number of nitrogens with two attached hydrogens (primary N) is 1. The van der Waals surface area contributed by atoms with E-state index >= 15 is 0 Å². The molecule has 1 amide bonds. The number of carbonyl (C=O) groups is 1. The number of nitrogens with one attached hydrogen (secondary N) is 1. The van der Waals surface area contributed by atoms with Crippen LogP contribution in [-0.4, -0.2) is 19.0 Å². The van der Waals surface area contributed by atoms with Gasteiger partial charge in [0.05, 0.1) is 12.0 Å². The van der Waals surface area contributed by atoms with Gasteiger partial charge >= 0.3 is 0 Å². The Balaban J connectivity index is 2.55. The van der Waals surface area contributed by atoms with Gasteiger partial charge in [-0.25, -0.2) is 0 Å². The Hall–Kier alpha value is -1.01. The summed E-state index contributed by atoms with van der Waals surface area (Å²) in [6, 6.07) is 0. The van der Waals surface area contributed by atoms with Crippen LogP contribution >= 0.6 is 0 Å². The van der Waals surface area contributed by atoms with Gasteiger partial charge in [0.2, 0.25) is 5.91 Å². The van der Waals surface area contributed by atoms with E-state index in [0.717, 1.165) is 25.7 Å². The molecular formula is C10H16N2O. The van der Waals surface area contributed by atoms with Crippen molar-refractivity contribution in [2.45, 2.75) is 25.7 Å². The van der Waals surface area contributed by atoms with Gasteiger partial charge in [-0.15, -0.1) is 6.42 Å². The monoisotopic (exact) mass is 180 g/mol. The Morgan fingerprint density at radius 1 is 1.54 bits per heavy atom. The zero-order valence-corrected chi connectivity index (χ0v) is 7.81. The van der Waals surface area contributed by atoms with Gasteiger partial charge in [-0.1, -0.05) is 18.8 Å². The molecule has 1 saturated carbocycles. The van der Waals surface area contributed by atoms with Crippen LogP contribution in [0.5, 0.6) is 0 Å². The lowest BCUT2D eigenvalue weighted by atomic mass is 9.85. The van der Waals surface area contributed by atoms with Crippen LogP contribution in [-0.2, 0) is 4.79 Å². The third-order valence-electron chi connectivity index (χ3n) is 2.78. The van der Waals surface area contributed by atoms with E-state index in [2.05, 4.69) is 11.2 Å². The highest BCUT2D eigenvalue weighted by atomic mass is 16.2. The molecule has 1 fully saturated rings. The van der Waals surface area contributed by atoms with Crippen LogP contribution in [0, 0.1) is 17.8 Å². The normalized spacial score (nSPS) is 19.4. The molecule has 3 heteroatoms. The fourth-order valence-corrected chi connectivity index (χ4v) is 1.89. The number of terminal acetylenes is 1. The Morgan fingerprint density at radius 2 is 2.15 bits per heavy atom. The van der Waals surface area contributed by atoms with Crippen molar-refractivity contribution < 1.29 is 4.79 Å². The number of hydrogen-bond donors (Lipinski definition) is 2. The minimum absolute atomic E-state index is 0.0328. The lowest BCUT2D eigenvalue weighted by molar-refractivity contribution is -0.130. The minimum atomic E-state index is -0.323. The van der Waals surface area contributed by atoms with Gasteiger partial charge in [0, 0.05) is 6.54 Å². The van der Waals surface area contributed by atoms with E-state index in [1.807, 2.05) is 0 Å². The van der Waals surface area contributed by atoms with Crippen LogP contribution in [0.25, 0.3) is 0 Å². The SMILES string of the molecule is C#CCNC(=O)C1(CN)CCCC1. The summed E-state index contributed by atoms with van der Waals surface area (Å²) in [6.45, 7) is 0.740. The smallest absolute Gasteiger partial charge is 0.228 e. The van der Waals surface area contributed by atoms with Crippen molar-refractivity contribution in [2.75, 3.05) is 13.1 Å². The van der Waals surface area contributed by atoms with Gasteiger partial charge in [0.1, 0.15) is 0 Å². The van der Waals surface area contributed by atoms with Gasteiger partial charge in [0.25, 0.3) is 0 Å². The van der Waals surface area contributed by atoms with Crippen LogP contribution in [0.4, 0.5) is 0 Å². The van der Waals surface area contributed by atoms with Gasteiger partial charge < -0.3 is 11.1 Å². The average molecular weight is 180 g/mol. The molecule has 13 heavy (non-hydrogen) atoms. The molecule has 0 aromatic heterocycles. The van der Waals surface area contributed by atoms with Crippen molar-refractivity contribution >= 4 is 5.91 Å². The molecule has 0 unspecified atom stereocenters. The molecule has 3 N–H and O–H groups in total. The molecule has 1 rings (SSSR count). The van der Waals surface area contributed by atoms with Crippen LogP contribution < -0.4 is 11.1 Å². The summed E-state index contributed by atoms with van der Waals surface area (Å²) in [5.74, 6) is 2.42. The van der Waals surface area contributed by atoms with E-state index in [4.69, 9.17) is 12.2 Å². The van der Waals surface area contributed by atoms with Gasteiger partial charge in [-0.2, -0.15) is 0 Å². The summed E-state index contributed by atoms with van der Waals surface area (Å²) >= 11 is 0. The van der Waals surface area contributed by atoms with Crippen LogP contribution in [0.1, 0.15) is 25.7 Å². The third kappa shape index (κ3) is 2.02. The largest absolute Gasteiger partial charge is 0.345 e. The topological polar surface area (TPSA) is 55.1 Å². The van der Waals surface area contributed by atoms with E-state index in [-0.39, 0.29) is 11.3 Å². The Bertz CT molecular complexity index is 224. The van der Waals surface area contributed by atoms with Gasteiger partial charge in [-0.05, 0) is 12.8 Å². The summed E-state index contributed by atoms with van der Waals surface area (Å²) in [5, 5.41) is 2.71. The van der Waals surface area contributed by atoms with E-state index in [1.165, 1.54) is 0 Å². The van der Waals surface area contributed by atoms with Gasteiger partial charge in [-0.3, -0.25) is 4.79 Å². The van der Waals surface area contributed by atoms with E-state index in [0.29, 0.717) is 13.1 Å². The molecule has 1 aliphatic carbocycles. The van der Waals surface area contributed by atoms with Gasteiger partial charge in [0.15, 0.2) is 0 Å². The van der Waals surface area contributed by atoms with Crippen molar-refractivity contribution in [3.8, 4) is 12.3 Å². The molecule has 0 aromatic rings. The molecule has 0 radical (unpaired) electrons. The highest BCUT2D eigenvalue weighted by Gasteiger charge is 2.39. The molecule has 1 aliphatic rings. The average Bonchev–Trinajstić information content (AvgIpc) is 2.63. The zero-order valence-electron chi connectivity index (χ0n) is 7.81. The first kappa shape index (κ1) is 10.1. The van der Waals surface area contributed by atoms with E-state index in [9.17, 15) is 4.79 Å².